The number of aryl methyl sites for hydroxylation is 2. The second-order valence-corrected chi connectivity index (χ2v) is 4.87. The van der Waals surface area contributed by atoms with Crippen molar-refractivity contribution in [3.8, 4) is 17.2 Å². The van der Waals surface area contributed by atoms with Crippen molar-refractivity contribution in [2.45, 2.75) is 19.3 Å². The molecule has 1 nitrogen and oxygen atoms in total. The zero-order chi connectivity index (χ0) is 13.5. The third-order valence-corrected chi connectivity index (χ3v) is 3.34. The van der Waals surface area contributed by atoms with E-state index < -0.39 is 0 Å². The van der Waals surface area contributed by atoms with Crippen molar-refractivity contribution >= 4 is 11.6 Å². The maximum atomic E-state index is 8.57. The Labute approximate surface area is 119 Å². The Hall–Kier alpha value is -1.78. The predicted molar refractivity (Wildman–Crippen MR) is 80.2 cm³/mol. The van der Waals surface area contributed by atoms with Gasteiger partial charge in [-0.15, -0.1) is 11.6 Å². The van der Waals surface area contributed by atoms with Crippen LogP contribution in [0.2, 0.25) is 0 Å². The van der Waals surface area contributed by atoms with Crippen LogP contribution in [0.4, 0.5) is 0 Å². The second kappa shape index (κ2) is 6.97. The standard InChI is InChI=1S/C17H16ClN/c18-12-11-15-5-9-17(10-6-15)16-7-3-14(4-8-16)2-1-13-19/h3-10H,1-2,11-12H2. The van der Waals surface area contributed by atoms with Gasteiger partial charge in [-0.2, -0.15) is 5.26 Å². The fourth-order valence-corrected chi connectivity index (χ4v) is 2.26. The Morgan fingerprint density at radius 2 is 1.26 bits per heavy atom. The molecule has 2 heteroatoms. The molecule has 0 unspecified atom stereocenters. The van der Waals surface area contributed by atoms with E-state index in [1.54, 1.807) is 0 Å². The van der Waals surface area contributed by atoms with Gasteiger partial charge in [-0.05, 0) is 35.1 Å². The minimum Gasteiger partial charge on any atom is -0.198 e. The van der Waals surface area contributed by atoms with Crippen LogP contribution in [0.15, 0.2) is 48.5 Å². The molecular formula is C17H16ClN. The van der Waals surface area contributed by atoms with Crippen molar-refractivity contribution in [1.82, 2.24) is 0 Å². The molecule has 0 aliphatic carbocycles. The number of alkyl halides is 1. The van der Waals surface area contributed by atoms with Gasteiger partial charge in [-0.1, -0.05) is 48.5 Å². The molecule has 0 spiro atoms. The van der Waals surface area contributed by atoms with E-state index in [4.69, 9.17) is 16.9 Å². The van der Waals surface area contributed by atoms with Crippen LogP contribution in [0.1, 0.15) is 17.5 Å². The number of benzene rings is 2. The molecule has 0 fully saturated rings. The van der Waals surface area contributed by atoms with Crippen molar-refractivity contribution in [2.75, 3.05) is 5.88 Å². The van der Waals surface area contributed by atoms with Crippen LogP contribution >= 0.6 is 11.6 Å². The summed E-state index contributed by atoms with van der Waals surface area (Å²) in [6.07, 6.45) is 2.31. The van der Waals surface area contributed by atoms with Gasteiger partial charge in [-0.25, -0.2) is 0 Å². The molecule has 0 aliphatic heterocycles. The fourth-order valence-electron chi connectivity index (χ4n) is 2.04. The van der Waals surface area contributed by atoms with Crippen molar-refractivity contribution in [2.24, 2.45) is 0 Å². The van der Waals surface area contributed by atoms with Crippen LogP contribution in [0.3, 0.4) is 0 Å². The molecule has 0 atom stereocenters. The van der Waals surface area contributed by atoms with E-state index in [2.05, 4.69) is 54.6 Å². The molecule has 0 bridgehead atoms. The summed E-state index contributed by atoms with van der Waals surface area (Å²) in [5, 5.41) is 8.57. The van der Waals surface area contributed by atoms with Crippen LogP contribution in [-0.4, -0.2) is 5.88 Å². The summed E-state index contributed by atoms with van der Waals surface area (Å²) in [6.45, 7) is 0. The second-order valence-electron chi connectivity index (χ2n) is 4.49. The summed E-state index contributed by atoms with van der Waals surface area (Å²) in [4.78, 5) is 0. The highest BCUT2D eigenvalue weighted by molar-refractivity contribution is 6.17. The summed E-state index contributed by atoms with van der Waals surface area (Å²) >= 11 is 5.73. The van der Waals surface area contributed by atoms with E-state index in [1.165, 1.54) is 22.3 Å². The van der Waals surface area contributed by atoms with Crippen LogP contribution in [0.5, 0.6) is 0 Å². The van der Waals surface area contributed by atoms with Crippen molar-refractivity contribution in [3.63, 3.8) is 0 Å². The molecule has 0 N–H and O–H groups in total. The molecule has 0 radical (unpaired) electrons. The van der Waals surface area contributed by atoms with Gasteiger partial charge in [0.05, 0.1) is 6.07 Å². The van der Waals surface area contributed by atoms with E-state index in [0.717, 1.165) is 12.8 Å². The van der Waals surface area contributed by atoms with Gasteiger partial charge in [0.1, 0.15) is 0 Å². The molecule has 96 valence electrons. The number of hydrogen-bond acceptors (Lipinski definition) is 1. The molecule has 19 heavy (non-hydrogen) atoms. The van der Waals surface area contributed by atoms with E-state index in [9.17, 15) is 0 Å². The Morgan fingerprint density at radius 3 is 1.68 bits per heavy atom. The Morgan fingerprint density at radius 1 is 0.789 bits per heavy atom. The van der Waals surface area contributed by atoms with Crippen LogP contribution in [0, 0.1) is 11.3 Å². The Kier molecular flexibility index (Phi) is 5.01. The number of hydrogen-bond donors (Lipinski definition) is 0. The van der Waals surface area contributed by atoms with Gasteiger partial charge in [0.2, 0.25) is 0 Å². The largest absolute Gasteiger partial charge is 0.198 e. The lowest BCUT2D eigenvalue weighted by Gasteiger charge is -2.05. The molecule has 0 aliphatic rings. The van der Waals surface area contributed by atoms with Crippen LogP contribution in [-0.2, 0) is 12.8 Å². The molecule has 0 aromatic heterocycles. The molecule has 2 aromatic rings. The average Bonchev–Trinajstić information content (AvgIpc) is 2.47. The lowest BCUT2D eigenvalue weighted by atomic mass is 10.0. The zero-order valence-corrected chi connectivity index (χ0v) is 11.5. The zero-order valence-electron chi connectivity index (χ0n) is 10.8. The summed E-state index contributed by atoms with van der Waals surface area (Å²) in [6, 6.07) is 19.1. The van der Waals surface area contributed by atoms with E-state index in [-0.39, 0.29) is 0 Å². The average molecular weight is 270 g/mol. The van der Waals surface area contributed by atoms with Gasteiger partial charge < -0.3 is 0 Å². The molecule has 2 rings (SSSR count). The molecule has 0 amide bonds. The SMILES string of the molecule is N#CCCc1ccc(-c2ccc(CCCl)cc2)cc1. The first-order chi connectivity index (χ1) is 9.33. The van der Waals surface area contributed by atoms with E-state index in [0.29, 0.717) is 12.3 Å². The monoisotopic (exact) mass is 269 g/mol. The normalized spacial score (nSPS) is 10.1. The van der Waals surface area contributed by atoms with E-state index in [1.807, 2.05) is 0 Å². The fraction of sp³-hybridized carbons (Fsp3) is 0.235. The van der Waals surface area contributed by atoms with Gasteiger partial charge >= 0.3 is 0 Å². The van der Waals surface area contributed by atoms with Gasteiger partial charge in [0.15, 0.2) is 0 Å². The van der Waals surface area contributed by atoms with Gasteiger partial charge in [0.25, 0.3) is 0 Å². The van der Waals surface area contributed by atoms with Crippen molar-refractivity contribution < 1.29 is 0 Å². The highest BCUT2D eigenvalue weighted by Gasteiger charge is 1.99. The number of rotatable bonds is 5. The van der Waals surface area contributed by atoms with Crippen molar-refractivity contribution in [3.05, 3.63) is 59.7 Å². The Balaban J connectivity index is 2.11. The third kappa shape index (κ3) is 3.84. The highest BCUT2D eigenvalue weighted by atomic mass is 35.5. The number of nitrogens with zero attached hydrogens (tertiary/aromatic N) is 1. The first kappa shape index (κ1) is 13.6. The smallest absolute Gasteiger partial charge is 0.0625 e. The minimum absolute atomic E-state index is 0.576. The summed E-state index contributed by atoms with van der Waals surface area (Å²) < 4.78 is 0. The first-order valence-electron chi connectivity index (χ1n) is 6.44. The highest BCUT2D eigenvalue weighted by Crippen LogP contribution is 2.21. The summed E-state index contributed by atoms with van der Waals surface area (Å²) in [5.74, 6) is 0.660. The summed E-state index contributed by atoms with van der Waals surface area (Å²) in [5.41, 5.74) is 4.90. The minimum atomic E-state index is 0.576. The Bertz CT molecular complexity index is 549. The van der Waals surface area contributed by atoms with E-state index >= 15 is 0 Å². The third-order valence-electron chi connectivity index (χ3n) is 3.15. The maximum absolute atomic E-state index is 8.57. The first-order valence-corrected chi connectivity index (χ1v) is 6.98. The molecule has 0 heterocycles. The number of halogens is 1. The predicted octanol–water partition coefficient (Wildman–Crippen LogP) is 4.59. The summed E-state index contributed by atoms with van der Waals surface area (Å²) in [7, 11) is 0. The quantitative estimate of drug-likeness (QED) is 0.728. The molecule has 0 saturated heterocycles. The van der Waals surface area contributed by atoms with Crippen LogP contribution in [0.25, 0.3) is 11.1 Å². The topological polar surface area (TPSA) is 23.8 Å². The lowest BCUT2D eigenvalue weighted by Crippen LogP contribution is -1.87. The molecule has 2 aromatic carbocycles. The number of nitriles is 1. The molecular weight excluding hydrogens is 254 g/mol. The maximum Gasteiger partial charge on any atom is 0.0625 e. The lowest BCUT2D eigenvalue weighted by molar-refractivity contribution is 1.01. The van der Waals surface area contributed by atoms with Gasteiger partial charge in [-0.3, -0.25) is 0 Å². The van der Waals surface area contributed by atoms with Gasteiger partial charge in [0, 0.05) is 12.3 Å². The molecule has 0 saturated carbocycles. The van der Waals surface area contributed by atoms with Crippen LogP contribution < -0.4 is 0 Å². The van der Waals surface area contributed by atoms with Crippen molar-refractivity contribution in [1.29, 1.82) is 5.26 Å².